The number of aliphatic hydroxyl groups is 1. The molecular weight excluding hydrogens is 444 g/mol. The lowest BCUT2D eigenvalue weighted by Gasteiger charge is -2.33. The van der Waals surface area contributed by atoms with E-state index >= 15 is 0 Å². The maximum absolute atomic E-state index is 11.5. The highest BCUT2D eigenvalue weighted by Gasteiger charge is 2.57. The van der Waals surface area contributed by atoms with E-state index in [9.17, 15) is 21.9 Å². The van der Waals surface area contributed by atoms with Gasteiger partial charge in [-0.05, 0) is 17.7 Å². The second-order valence-electron chi connectivity index (χ2n) is 6.79. The number of methoxy groups -OCH3 is 2. The Bertz CT molecular complexity index is 860. The summed E-state index contributed by atoms with van der Waals surface area (Å²) in [6, 6.07) is 6.89. The Kier molecular flexibility index (Phi) is 8.21. The van der Waals surface area contributed by atoms with Crippen LogP contribution in [0.5, 0.6) is 5.75 Å². The predicted octanol–water partition coefficient (Wildman–Crippen LogP) is -0.365. The second kappa shape index (κ2) is 9.87. The molecule has 1 aliphatic rings. The fourth-order valence-corrected chi connectivity index (χ4v) is 3.68. The van der Waals surface area contributed by atoms with Crippen LogP contribution in [0.1, 0.15) is 5.56 Å². The molecule has 1 saturated heterocycles. The van der Waals surface area contributed by atoms with Crippen molar-refractivity contribution in [1.82, 2.24) is 0 Å². The fourth-order valence-electron chi connectivity index (χ4n) is 2.86. The maximum Gasteiger partial charge on any atom is 0.264 e. The highest BCUT2D eigenvalue weighted by Crippen LogP contribution is 2.36. The van der Waals surface area contributed by atoms with Gasteiger partial charge in [-0.1, -0.05) is 12.1 Å². The Morgan fingerprint density at radius 3 is 1.97 bits per heavy atom. The molecule has 0 aliphatic carbocycles. The number of aliphatic hydroxyl groups excluding tert-OH is 1. The van der Waals surface area contributed by atoms with Crippen LogP contribution in [0.15, 0.2) is 24.3 Å². The van der Waals surface area contributed by atoms with Gasteiger partial charge in [-0.15, -0.1) is 0 Å². The van der Waals surface area contributed by atoms with Gasteiger partial charge in [-0.3, -0.25) is 8.37 Å². The minimum absolute atomic E-state index is 0.00891. The van der Waals surface area contributed by atoms with Crippen LogP contribution >= 0.6 is 0 Å². The molecule has 2 unspecified atom stereocenters. The highest BCUT2D eigenvalue weighted by molar-refractivity contribution is 7.86. The molecule has 0 radical (unpaired) electrons. The van der Waals surface area contributed by atoms with Crippen LogP contribution < -0.4 is 4.74 Å². The van der Waals surface area contributed by atoms with Gasteiger partial charge < -0.3 is 24.1 Å². The van der Waals surface area contributed by atoms with Crippen molar-refractivity contribution in [1.29, 1.82) is 0 Å². The molecule has 0 aromatic heterocycles. The van der Waals surface area contributed by atoms with E-state index in [-0.39, 0.29) is 6.61 Å². The quantitative estimate of drug-likeness (QED) is 0.423. The lowest BCUT2D eigenvalue weighted by atomic mass is 9.97. The third kappa shape index (κ3) is 6.85. The average molecular weight is 471 g/mol. The first-order valence-electron chi connectivity index (χ1n) is 8.71. The van der Waals surface area contributed by atoms with Crippen LogP contribution in [0.3, 0.4) is 0 Å². The molecule has 2 rings (SSSR count). The molecule has 30 heavy (non-hydrogen) atoms. The van der Waals surface area contributed by atoms with Gasteiger partial charge in [0.25, 0.3) is 20.2 Å². The molecule has 0 bridgehead atoms. The van der Waals surface area contributed by atoms with Crippen molar-refractivity contribution < 1.29 is 49.3 Å². The summed E-state index contributed by atoms with van der Waals surface area (Å²) in [4.78, 5) is 0. The van der Waals surface area contributed by atoms with Crippen LogP contribution in [-0.2, 0) is 49.4 Å². The monoisotopic (exact) mass is 470 g/mol. The van der Waals surface area contributed by atoms with Gasteiger partial charge in [0.1, 0.15) is 36.8 Å². The minimum atomic E-state index is -3.92. The lowest BCUT2D eigenvalue weighted by Crippen LogP contribution is -2.52. The molecule has 11 nitrogen and oxygen atoms in total. The summed E-state index contributed by atoms with van der Waals surface area (Å²) in [5, 5.41) is 10.6. The molecule has 1 fully saturated rings. The molecule has 1 aromatic carbocycles. The summed E-state index contributed by atoms with van der Waals surface area (Å²) in [5.41, 5.74) is -1.07. The average Bonchev–Trinajstić information content (AvgIpc) is 2.94. The van der Waals surface area contributed by atoms with E-state index in [4.69, 9.17) is 27.3 Å². The van der Waals surface area contributed by atoms with Crippen molar-refractivity contribution in [3.63, 3.8) is 0 Å². The fraction of sp³-hybridized carbons (Fsp3) is 0.647. The SMILES string of the molecule is COc1ccc(CO[C@@H]2C(O)C(OC)OC2(COS(C)(=O)=O)COS(C)(=O)=O)cc1. The smallest absolute Gasteiger partial charge is 0.264 e. The normalized spacial score (nSPS) is 24.1. The van der Waals surface area contributed by atoms with Gasteiger partial charge >= 0.3 is 0 Å². The van der Waals surface area contributed by atoms with Crippen molar-refractivity contribution >= 4 is 20.2 Å². The van der Waals surface area contributed by atoms with Crippen molar-refractivity contribution in [3.8, 4) is 5.75 Å². The van der Waals surface area contributed by atoms with E-state index in [1.165, 1.54) is 14.2 Å². The number of benzene rings is 1. The van der Waals surface area contributed by atoms with E-state index in [0.717, 1.165) is 12.5 Å². The Labute approximate surface area is 176 Å². The Hall–Kier alpha value is -1.32. The molecular formula is C17H26O11S2. The molecule has 3 atom stereocenters. The third-order valence-corrected chi connectivity index (χ3v) is 5.41. The molecule has 1 aliphatic heterocycles. The topological polar surface area (TPSA) is 144 Å². The van der Waals surface area contributed by atoms with Gasteiger partial charge in [0.15, 0.2) is 6.29 Å². The zero-order chi connectivity index (χ0) is 22.6. The van der Waals surface area contributed by atoms with Gasteiger partial charge in [0.05, 0.1) is 26.2 Å². The highest BCUT2D eigenvalue weighted by atomic mass is 32.2. The first kappa shape index (κ1) is 24.9. The first-order chi connectivity index (χ1) is 13.9. The summed E-state index contributed by atoms with van der Waals surface area (Å²) >= 11 is 0. The minimum Gasteiger partial charge on any atom is -0.497 e. The van der Waals surface area contributed by atoms with Crippen LogP contribution in [0.4, 0.5) is 0 Å². The number of hydrogen-bond donors (Lipinski definition) is 1. The van der Waals surface area contributed by atoms with Gasteiger partial charge in [0.2, 0.25) is 0 Å². The number of ether oxygens (including phenoxy) is 4. The predicted molar refractivity (Wildman–Crippen MR) is 104 cm³/mol. The van der Waals surface area contributed by atoms with Gasteiger partial charge in [0, 0.05) is 7.11 Å². The van der Waals surface area contributed by atoms with E-state index in [1.54, 1.807) is 24.3 Å². The molecule has 13 heteroatoms. The third-order valence-electron chi connectivity index (χ3n) is 4.31. The number of rotatable bonds is 11. The van der Waals surface area contributed by atoms with Crippen LogP contribution in [-0.4, -0.2) is 86.0 Å². The van der Waals surface area contributed by atoms with Crippen LogP contribution in [0.25, 0.3) is 0 Å². The standard InChI is InChI=1S/C17H26O11S2/c1-23-13-7-5-12(6-8-13)9-25-15-14(18)16(24-2)28-17(15,10-26-29(3,19)20)11-27-30(4,21)22/h5-8,14-16,18H,9-11H2,1-4H3/t14?,15-,16?/m1/s1. The summed E-state index contributed by atoms with van der Waals surface area (Å²) in [7, 11) is -5.05. The van der Waals surface area contributed by atoms with E-state index in [2.05, 4.69) is 0 Å². The summed E-state index contributed by atoms with van der Waals surface area (Å²) < 4.78 is 77.4. The first-order valence-corrected chi connectivity index (χ1v) is 12.3. The summed E-state index contributed by atoms with van der Waals surface area (Å²) in [6.45, 7) is -1.33. The van der Waals surface area contributed by atoms with Crippen LogP contribution in [0, 0.1) is 0 Å². The molecule has 0 spiro atoms. The molecule has 0 saturated carbocycles. The molecule has 172 valence electrons. The Morgan fingerprint density at radius 1 is 1.00 bits per heavy atom. The molecule has 1 N–H and O–H groups in total. The van der Waals surface area contributed by atoms with E-state index in [0.29, 0.717) is 11.3 Å². The lowest BCUT2D eigenvalue weighted by molar-refractivity contribution is -0.196. The summed E-state index contributed by atoms with van der Waals surface area (Å²) in [5.74, 6) is 0.639. The Balaban J connectivity index is 2.29. The van der Waals surface area contributed by atoms with E-state index < -0.39 is 57.5 Å². The molecule has 0 amide bonds. The van der Waals surface area contributed by atoms with Gasteiger partial charge in [-0.2, -0.15) is 16.8 Å². The largest absolute Gasteiger partial charge is 0.497 e. The van der Waals surface area contributed by atoms with Crippen molar-refractivity contribution in [2.24, 2.45) is 0 Å². The zero-order valence-corrected chi connectivity index (χ0v) is 18.6. The van der Waals surface area contributed by atoms with Crippen LogP contribution in [0.2, 0.25) is 0 Å². The molecule has 1 aromatic rings. The molecule has 1 heterocycles. The van der Waals surface area contributed by atoms with Gasteiger partial charge in [-0.25, -0.2) is 0 Å². The summed E-state index contributed by atoms with van der Waals surface area (Å²) in [6.07, 6.45) is -2.18. The Morgan fingerprint density at radius 2 is 1.53 bits per heavy atom. The maximum atomic E-state index is 11.5. The zero-order valence-electron chi connectivity index (χ0n) is 17.0. The van der Waals surface area contributed by atoms with Crippen molar-refractivity contribution in [3.05, 3.63) is 29.8 Å². The van der Waals surface area contributed by atoms with Crippen molar-refractivity contribution in [2.45, 2.75) is 30.7 Å². The second-order valence-corrected chi connectivity index (χ2v) is 10.1. The van der Waals surface area contributed by atoms with E-state index in [1.807, 2.05) is 0 Å². The number of hydrogen-bond acceptors (Lipinski definition) is 11. The van der Waals surface area contributed by atoms with Crippen molar-refractivity contribution in [2.75, 3.05) is 39.9 Å².